The first-order valence-corrected chi connectivity index (χ1v) is 6.13. The van der Waals surface area contributed by atoms with Crippen LogP contribution in [-0.4, -0.2) is 51.5 Å². The van der Waals surface area contributed by atoms with E-state index in [2.05, 4.69) is 0 Å². The van der Waals surface area contributed by atoms with Gasteiger partial charge in [0, 0.05) is 6.54 Å². The van der Waals surface area contributed by atoms with Crippen LogP contribution in [0.2, 0.25) is 0 Å². The van der Waals surface area contributed by atoms with E-state index in [0.717, 1.165) is 4.90 Å². The van der Waals surface area contributed by atoms with Crippen molar-refractivity contribution >= 4 is 12.1 Å². The lowest BCUT2D eigenvalue weighted by Crippen LogP contribution is -2.52. The van der Waals surface area contributed by atoms with E-state index in [9.17, 15) is 14.7 Å². The van der Waals surface area contributed by atoms with Crippen molar-refractivity contribution < 1.29 is 24.5 Å². The Hall–Kier alpha value is -1.30. The summed E-state index contributed by atoms with van der Waals surface area (Å²) < 4.78 is 5.17. The zero-order valence-corrected chi connectivity index (χ0v) is 11.0. The smallest absolute Gasteiger partial charge is 0.411 e. The number of ether oxygens (including phenoxy) is 1. The predicted octanol–water partition coefficient (Wildman–Crippen LogP) is 1.22. The third-order valence-electron chi connectivity index (χ3n) is 2.73. The Kier molecular flexibility index (Phi) is 4.56. The summed E-state index contributed by atoms with van der Waals surface area (Å²) in [5, 5.41) is 18.9. The molecule has 0 spiro atoms. The van der Waals surface area contributed by atoms with E-state index in [1.807, 2.05) is 0 Å². The van der Waals surface area contributed by atoms with Crippen molar-refractivity contribution in [1.29, 1.82) is 0 Å². The van der Waals surface area contributed by atoms with Gasteiger partial charge in [0.15, 0.2) is 6.04 Å². The second-order valence-corrected chi connectivity index (χ2v) is 5.52. The van der Waals surface area contributed by atoms with Crippen LogP contribution in [0.1, 0.15) is 40.0 Å². The molecule has 2 N–H and O–H groups in total. The van der Waals surface area contributed by atoms with Gasteiger partial charge in [-0.2, -0.15) is 0 Å². The van der Waals surface area contributed by atoms with Gasteiger partial charge in [0.2, 0.25) is 0 Å². The van der Waals surface area contributed by atoms with Gasteiger partial charge in [-0.25, -0.2) is 9.59 Å². The molecule has 1 amide bonds. The molecule has 2 atom stereocenters. The highest BCUT2D eigenvalue weighted by Crippen LogP contribution is 2.20. The molecule has 6 nitrogen and oxygen atoms in total. The number of hydrogen-bond donors (Lipinski definition) is 2. The second-order valence-electron chi connectivity index (χ2n) is 5.52. The number of carboxylic acid groups (broad SMARTS) is 1. The Morgan fingerprint density at radius 1 is 1.28 bits per heavy atom. The van der Waals surface area contributed by atoms with Crippen molar-refractivity contribution in [2.75, 3.05) is 6.54 Å². The number of likely N-dealkylation sites (tertiary alicyclic amines) is 1. The first-order chi connectivity index (χ1) is 8.22. The first-order valence-electron chi connectivity index (χ1n) is 6.13. The van der Waals surface area contributed by atoms with Crippen molar-refractivity contribution in [3.63, 3.8) is 0 Å². The van der Waals surface area contributed by atoms with Gasteiger partial charge < -0.3 is 14.9 Å². The summed E-state index contributed by atoms with van der Waals surface area (Å²) in [4.78, 5) is 24.3. The molecule has 1 rings (SSSR count). The number of aliphatic hydroxyl groups is 1. The Labute approximate surface area is 107 Å². The predicted molar refractivity (Wildman–Crippen MR) is 64.2 cm³/mol. The van der Waals surface area contributed by atoms with E-state index in [4.69, 9.17) is 9.84 Å². The Bertz CT molecular complexity index is 323. The summed E-state index contributed by atoms with van der Waals surface area (Å²) in [7, 11) is 0. The van der Waals surface area contributed by atoms with Gasteiger partial charge in [-0.05, 0) is 40.0 Å². The van der Waals surface area contributed by atoms with Crippen molar-refractivity contribution in [1.82, 2.24) is 4.90 Å². The highest BCUT2D eigenvalue weighted by Gasteiger charge is 2.38. The highest BCUT2D eigenvalue weighted by molar-refractivity contribution is 5.80. The van der Waals surface area contributed by atoms with Gasteiger partial charge in [-0.3, -0.25) is 4.90 Å². The number of amides is 1. The van der Waals surface area contributed by atoms with E-state index < -0.39 is 29.8 Å². The standard InChI is InChI=1S/C12H21NO5/c1-12(2,3)18-11(17)13-7-5-4-6-8(14)9(13)10(15)16/h8-9,14H,4-7H2,1-3H3,(H,15,16). The van der Waals surface area contributed by atoms with Crippen LogP contribution in [0.4, 0.5) is 4.79 Å². The maximum absolute atomic E-state index is 12.0. The Morgan fingerprint density at radius 3 is 2.39 bits per heavy atom. The molecule has 0 saturated carbocycles. The molecule has 2 unspecified atom stereocenters. The molecule has 1 fully saturated rings. The fourth-order valence-electron chi connectivity index (χ4n) is 1.96. The van der Waals surface area contributed by atoms with Crippen LogP contribution in [0.3, 0.4) is 0 Å². The van der Waals surface area contributed by atoms with E-state index in [-0.39, 0.29) is 0 Å². The lowest BCUT2D eigenvalue weighted by molar-refractivity contribution is -0.147. The van der Waals surface area contributed by atoms with Crippen LogP contribution >= 0.6 is 0 Å². The largest absolute Gasteiger partial charge is 0.480 e. The van der Waals surface area contributed by atoms with Crippen LogP contribution in [0.5, 0.6) is 0 Å². The molecule has 1 saturated heterocycles. The Balaban J connectivity index is 2.87. The molecule has 0 aromatic rings. The van der Waals surface area contributed by atoms with Gasteiger partial charge in [-0.1, -0.05) is 0 Å². The number of carbonyl (C=O) groups is 2. The molecule has 6 heteroatoms. The number of carbonyl (C=O) groups excluding carboxylic acids is 1. The minimum atomic E-state index is -1.22. The van der Waals surface area contributed by atoms with Crippen LogP contribution in [-0.2, 0) is 9.53 Å². The summed E-state index contributed by atoms with van der Waals surface area (Å²) >= 11 is 0. The summed E-state index contributed by atoms with van der Waals surface area (Å²) in [5.41, 5.74) is -0.683. The third-order valence-corrected chi connectivity index (χ3v) is 2.73. The minimum Gasteiger partial charge on any atom is -0.480 e. The first kappa shape index (κ1) is 14.8. The summed E-state index contributed by atoms with van der Waals surface area (Å²) in [6.07, 6.45) is 0.0222. The topological polar surface area (TPSA) is 87.1 Å². The van der Waals surface area contributed by atoms with Crippen LogP contribution in [0.15, 0.2) is 0 Å². The lowest BCUT2D eigenvalue weighted by atomic mass is 10.1. The number of nitrogens with zero attached hydrogens (tertiary/aromatic N) is 1. The average molecular weight is 259 g/mol. The SMILES string of the molecule is CC(C)(C)OC(=O)N1CCCCC(O)C1C(=O)O. The van der Waals surface area contributed by atoms with E-state index in [0.29, 0.717) is 25.8 Å². The molecule has 1 heterocycles. The molecular weight excluding hydrogens is 238 g/mol. The molecular formula is C12H21NO5. The zero-order chi connectivity index (χ0) is 13.9. The van der Waals surface area contributed by atoms with E-state index in [1.165, 1.54) is 0 Å². The van der Waals surface area contributed by atoms with Gasteiger partial charge in [0.25, 0.3) is 0 Å². The number of hydrogen-bond acceptors (Lipinski definition) is 4. The fourth-order valence-corrected chi connectivity index (χ4v) is 1.96. The summed E-state index contributed by atoms with van der Waals surface area (Å²) in [6, 6.07) is -1.22. The molecule has 0 radical (unpaired) electrons. The zero-order valence-electron chi connectivity index (χ0n) is 11.0. The van der Waals surface area contributed by atoms with Gasteiger partial charge >= 0.3 is 12.1 Å². The fraction of sp³-hybridized carbons (Fsp3) is 0.833. The van der Waals surface area contributed by atoms with Crippen LogP contribution in [0, 0.1) is 0 Å². The van der Waals surface area contributed by atoms with Gasteiger partial charge in [0.05, 0.1) is 6.10 Å². The molecule has 18 heavy (non-hydrogen) atoms. The normalized spacial score (nSPS) is 25.4. The summed E-state index contributed by atoms with van der Waals surface area (Å²) in [6.45, 7) is 5.45. The minimum absolute atomic E-state index is 0.295. The molecule has 0 aromatic heterocycles. The van der Waals surface area contributed by atoms with Crippen LogP contribution < -0.4 is 0 Å². The number of aliphatic carboxylic acids is 1. The van der Waals surface area contributed by atoms with Gasteiger partial charge in [-0.15, -0.1) is 0 Å². The van der Waals surface area contributed by atoms with E-state index >= 15 is 0 Å². The molecule has 0 aromatic carbocycles. The molecule has 1 aliphatic heterocycles. The van der Waals surface area contributed by atoms with E-state index in [1.54, 1.807) is 20.8 Å². The van der Waals surface area contributed by atoms with Crippen molar-refractivity contribution in [3.05, 3.63) is 0 Å². The molecule has 0 aliphatic carbocycles. The van der Waals surface area contributed by atoms with Crippen LogP contribution in [0.25, 0.3) is 0 Å². The monoisotopic (exact) mass is 259 g/mol. The quantitative estimate of drug-likeness (QED) is 0.739. The number of aliphatic hydroxyl groups excluding tert-OH is 1. The van der Waals surface area contributed by atoms with Crippen molar-refractivity contribution in [2.45, 2.75) is 57.8 Å². The number of rotatable bonds is 1. The lowest BCUT2D eigenvalue weighted by Gasteiger charge is -2.31. The highest BCUT2D eigenvalue weighted by atomic mass is 16.6. The molecule has 104 valence electrons. The molecule has 0 bridgehead atoms. The molecule has 1 aliphatic rings. The Morgan fingerprint density at radius 2 is 1.89 bits per heavy atom. The number of carboxylic acids is 1. The van der Waals surface area contributed by atoms with Crippen molar-refractivity contribution in [2.24, 2.45) is 0 Å². The van der Waals surface area contributed by atoms with Gasteiger partial charge in [0.1, 0.15) is 5.60 Å². The van der Waals surface area contributed by atoms with Crippen molar-refractivity contribution in [3.8, 4) is 0 Å². The maximum atomic E-state index is 12.0. The third kappa shape index (κ3) is 3.87. The second kappa shape index (κ2) is 5.56. The maximum Gasteiger partial charge on any atom is 0.411 e. The average Bonchev–Trinajstić information content (AvgIpc) is 2.36. The summed E-state index contributed by atoms with van der Waals surface area (Å²) in [5.74, 6) is -1.20.